The van der Waals surface area contributed by atoms with Crippen LogP contribution in [0.1, 0.15) is 5.56 Å². The number of sulfonamides is 1. The zero-order valence-corrected chi connectivity index (χ0v) is 20.5. The molecule has 5 aromatic rings. The van der Waals surface area contributed by atoms with Crippen LogP contribution in [-0.4, -0.2) is 80.2 Å². The average Bonchev–Trinajstić information content (AvgIpc) is 3.63. The summed E-state index contributed by atoms with van der Waals surface area (Å²) < 4.78 is 36.1. The monoisotopic (exact) mass is 507 g/mol. The number of nitrogens with zero attached hydrogens (tertiary/aromatic N) is 8. The Hall–Kier alpha value is -3.81. The van der Waals surface area contributed by atoms with Crippen molar-refractivity contribution in [1.29, 1.82) is 0 Å². The molecule has 1 aliphatic heterocycles. The number of hydrogen-bond acceptors (Lipinski definition) is 9. The fraction of sp³-hybridized carbons (Fsp3) is 0.304. The summed E-state index contributed by atoms with van der Waals surface area (Å²) in [5.74, 6) is 1.15. The molecule has 0 atom stereocenters. The number of rotatable bonds is 6. The van der Waals surface area contributed by atoms with Gasteiger partial charge in [-0.25, -0.2) is 18.1 Å². The highest BCUT2D eigenvalue weighted by molar-refractivity contribution is 7.89. The molecule has 12 nitrogen and oxygen atoms in total. The Labute approximate surface area is 207 Å². The molecule has 0 saturated carbocycles. The van der Waals surface area contributed by atoms with Gasteiger partial charge in [-0.2, -0.15) is 18.9 Å². The van der Waals surface area contributed by atoms with Crippen LogP contribution in [0.5, 0.6) is 0 Å². The molecule has 6 rings (SSSR count). The number of aromatic nitrogens is 6. The van der Waals surface area contributed by atoms with Gasteiger partial charge in [0.1, 0.15) is 0 Å². The first-order valence-corrected chi connectivity index (χ1v) is 13.0. The number of likely N-dealkylation sites (N-methyl/N-ethyl adjacent to an activating group) is 1. The topological polar surface area (TPSA) is 141 Å². The van der Waals surface area contributed by atoms with Crippen LogP contribution in [0.3, 0.4) is 0 Å². The minimum atomic E-state index is -3.49. The maximum atomic E-state index is 13.0. The van der Waals surface area contributed by atoms with E-state index in [1.54, 1.807) is 45.7 Å². The fourth-order valence-electron chi connectivity index (χ4n) is 4.37. The Balaban J connectivity index is 1.21. The van der Waals surface area contributed by atoms with Gasteiger partial charge < -0.3 is 15.1 Å². The van der Waals surface area contributed by atoms with E-state index in [0.29, 0.717) is 53.8 Å². The minimum Gasteiger partial charge on any atom is -0.461 e. The van der Waals surface area contributed by atoms with Crippen molar-refractivity contribution in [3.05, 3.63) is 54.4 Å². The first kappa shape index (κ1) is 22.6. The van der Waals surface area contributed by atoms with E-state index in [-0.39, 0.29) is 5.95 Å². The van der Waals surface area contributed by atoms with E-state index < -0.39 is 10.0 Å². The van der Waals surface area contributed by atoms with Gasteiger partial charge in [-0.3, -0.25) is 0 Å². The highest BCUT2D eigenvalue weighted by Gasteiger charge is 2.27. The lowest BCUT2D eigenvalue weighted by molar-refractivity contribution is 0.222. The van der Waals surface area contributed by atoms with Crippen molar-refractivity contribution in [2.45, 2.75) is 17.9 Å². The highest BCUT2D eigenvalue weighted by atomic mass is 32.2. The smallest absolute Gasteiger partial charge is 0.243 e. The van der Waals surface area contributed by atoms with Crippen molar-refractivity contribution in [3.8, 4) is 11.6 Å². The predicted octanol–water partition coefficient (Wildman–Crippen LogP) is 1.49. The molecule has 1 saturated heterocycles. The Bertz CT molecular complexity index is 1630. The molecule has 0 bridgehead atoms. The molecule has 1 aliphatic rings. The number of aryl methyl sites for hydroxylation is 2. The summed E-state index contributed by atoms with van der Waals surface area (Å²) in [5.41, 5.74) is 8.31. The lowest BCUT2D eigenvalue weighted by Crippen LogP contribution is -2.46. The van der Waals surface area contributed by atoms with E-state index >= 15 is 0 Å². The van der Waals surface area contributed by atoms with Gasteiger partial charge in [0.25, 0.3) is 0 Å². The molecule has 0 radical (unpaired) electrons. The summed E-state index contributed by atoms with van der Waals surface area (Å²) in [6.07, 6.45) is 3.90. The van der Waals surface area contributed by atoms with Gasteiger partial charge in [-0.1, -0.05) is 12.1 Å². The summed E-state index contributed by atoms with van der Waals surface area (Å²) in [6, 6.07) is 10.6. The zero-order valence-electron chi connectivity index (χ0n) is 19.6. The maximum Gasteiger partial charge on any atom is 0.243 e. The van der Waals surface area contributed by atoms with Gasteiger partial charge >= 0.3 is 0 Å². The molecule has 0 aliphatic carbocycles. The number of benzene rings is 1. The quantitative estimate of drug-likeness (QED) is 0.362. The van der Waals surface area contributed by atoms with Crippen LogP contribution < -0.4 is 5.73 Å². The van der Waals surface area contributed by atoms with E-state index in [2.05, 4.69) is 25.1 Å². The summed E-state index contributed by atoms with van der Waals surface area (Å²) in [7, 11) is -1.49. The zero-order chi connectivity index (χ0) is 24.9. The van der Waals surface area contributed by atoms with Gasteiger partial charge in [0.2, 0.25) is 21.8 Å². The Morgan fingerprint density at radius 1 is 1.03 bits per heavy atom. The lowest BCUT2D eigenvalue weighted by atomic mass is 10.1. The van der Waals surface area contributed by atoms with Crippen molar-refractivity contribution in [2.75, 3.05) is 39.0 Å². The first-order chi connectivity index (χ1) is 17.4. The van der Waals surface area contributed by atoms with E-state index in [1.165, 1.54) is 4.52 Å². The van der Waals surface area contributed by atoms with Crippen molar-refractivity contribution in [2.24, 2.45) is 0 Å². The molecule has 36 heavy (non-hydrogen) atoms. The van der Waals surface area contributed by atoms with Gasteiger partial charge in [0.15, 0.2) is 17.1 Å². The molecule has 4 aromatic heterocycles. The Morgan fingerprint density at radius 2 is 1.81 bits per heavy atom. The molecular formula is C23H25N9O3S. The Kier molecular flexibility index (Phi) is 5.47. The molecule has 2 N–H and O–H groups in total. The largest absolute Gasteiger partial charge is 0.461 e. The molecule has 1 aromatic carbocycles. The molecule has 13 heteroatoms. The van der Waals surface area contributed by atoms with E-state index in [1.807, 2.05) is 19.2 Å². The summed E-state index contributed by atoms with van der Waals surface area (Å²) in [5, 5.41) is 9.62. The van der Waals surface area contributed by atoms with Crippen molar-refractivity contribution in [1.82, 2.24) is 38.6 Å². The van der Waals surface area contributed by atoms with Gasteiger partial charge in [0, 0.05) is 32.7 Å². The molecule has 0 spiro atoms. The number of nitrogens with two attached hydrogens (primary N) is 1. The van der Waals surface area contributed by atoms with Gasteiger partial charge in [0.05, 0.1) is 22.7 Å². The number of nitrogen functional groups attached to an aromatic ring is 1. The van der Waals surface area contributed by atoms with Gasteiger partial charge in [-0.15, -0.1) is 5.10 Å². The second-order valence-corrected chi connectivity index (χ2v) is 10.8. The van der Waals surface area contributed by atoms with Crippen molar-refractivity contribution < 1.29 is 12.8 Å². The standard InChI is InChI=1S/C23H25N9O3S/c1-29-10-12-30(13-11-29)36(33,34)17-6-4-16(5-7-17)8-9-31-21-18(15-25-31)22-26-20(19-3-2-14-35-19)28-32(22)23(24)27-21/h2-7,14-15H,8-13H2,1H3,(H2,24,27). The maximum absolute atomic E-state index is 13.0. The fourth-order valence-corrected chi connectivity index (χ4v) is 5.79. The van der Waals surface area contributed by atoms with Crippen LogP contribution in [-0.2, 0) is 23.0 Å². The summed E-state index contributed by atoms with van der Waals surface area (Å²) in [6.45, 7) is 3.02. The number of fused-ring (bicyclic) bond motifs is 3. The van der Waals surface area contributed by atoms with Crippen LogP contribution in [0.25, 0.3) is 28.3 Å². The molecule has 0 unspecified atom stereocenters. The van der Waals surface area contributed by atoms with Crippen LogP contribution in [0.2, 0.25) is 0 Å². The minimum absolute atomic E-state index is 0.197. The van der Waals surface area contributed by atoms with Gasteiger partial charge in [-0.05, 0) is 43.3 Å². The average molecular weight is 508 g/mol. The van der Waals surface area contributed by atoms with Crippen LogP contribution in [0.15, 0.2) is 58.2 Å². The SMILES string of the molecule is CN1CCN(S(=O)(=O)c2ccc(CCn3ncc4c3nc(N)n3nc(-c5ccco5)nc43)cc2)CC1. The summed E-state index contributed by atoms with van der Waals surface area (Å²) >= 11 is 0. The first-order valence-electron chi connectivity index (χ1n) is 11.6. The van der Waals surface area contributed by atoms with Crippen LogP contribution >= 0.6 is 0 Å². The highest BCUT2D eigenvalue weighted by Crippen LogP contribution is 2.24. The van der Waals surface area contributed by atoms with E-state index in [9.17, 15) is 8.42 Å². The Morgan fingerprint density at radius 3 is 2.53 bits per heavy atom. The third-order valence-corrected chi connectivity index (χ3v) is 8.39. The van der Waals surface area contributed by atoms with Crippen molar-refractivity contribution >= 4 is 32.7 Å². The normalized spacial score (nSPS) is 15.8. The predicted molar refractivity (Wildman–Crippen MR) is 133 cm³/mol. The number of anilines is 1. The third kappa shape index (κ3) is 3.90. The third-order valence-electron chi connectivity index (χ3n) is 6.47. The molecule has 1 fully saturated rings. The number of hydrogen-bond donors (Lipinski definition) is 1. The lowest BCUT2D eigenvalue weighted by Gasteiger charge is -2.31. The van der Waals surface area contributed by atoms with E-state index in [4.69, 9.17) is 10.2 Å². The second-order valence-electron chi connectivity index (χ2n) is 8.82. The molecule has 186 valence electrons. The number of furan rings is 1. The molecular weight excluding hydrogens is 482 g/mol. The van der Waals surface area contributed by atoms with Crippen LogP contribution in [0.4, 0.5) is 5.95 Å². The van der Waals surface area contributed by atoms with Crippen LogP contribution in [0, 0.1) is 0 Å². The van der Waals surface area contributed by atoms with Crippen molar-refractivity contribution in [3.63, 3.8) is 0 Å². The summed E-state index contributed by atoms with van der Waals surface area (Å²) in [4.78, 5) is 11.5. The second kappa shape index (κ2) is 8.69. The molecule has 5 heterocycles. The van der Waals surface area contributed by atoms with E-state index in [0.717, 1.165) is 24.0 Å². The number of piperazine rings is 1. The molecule has 0 amide bonds.